The first-order valence-corrected chi connectivity index (χ1v) is 10.3. The van der Waals surface area contributed by atoms with Crippen molar-refractivity contribution in [2.45, 2.75) is 50.7 Å². The average Bonchev–Trinajstić information content (AvgIpc) is 2.75. The summed E-state index contributed by atoms with van der Waals surface area (Å²) in [5.41, 5.74) is 0. The monoisotopic (exact) mass is 382 g/mol. The number of benzene rings is 2. The molecule has 0 heterocycles. The molecular weight excluding hydrogens is 352 g/mol. The fourth-order valence-electron chi connectivity index (χ4n) is 4.71. The highest BCUT2D eigenvalue weighted by Gasteiger charge is 2.37. The van der Waals surface area contributed by atoms with Gasteiger partial charge in [-0.05, 0) is 98.9 Å². The van der Waals surface area contributed by atoms with E-state index in [2.05, 4.69) is 0 Å². The Kier molecular flexibility index (Phi) is 5.94. The molecule has 4 rings (SSSR count). The first kappa shape index (κ1) is 19.0. The van der Waals surface area contributed by atoms with Crippen LogP contribution in [0.1, 0.15) is 38.5 Å². The maximum Gasteiger partial charge on any atom is 0.119 e. The lowest BCUT2D eigenvalue weighted by molar-refractivity contribution is 0.0220. The number of hydrogen-bond donors (Lipinski definition) is 0. The van der Waals surface area contributed by atoms with Crippen molar-refractivity contribution in [3.63, 3.8) is 0 Å². The molecule has 2 saturated carbocycles. The smallest absolute Gasteiger partial charge is 0.119 e. The van der Waals surface area contributed by atoms with Crippen LogP contribution in [0.5, 0.6) is 23.0 Å². The van der Waals surface area contributed by atoms with Crippen molar-refractivity contribution in [2.24, 2.45) is 11.8 Å². The predicted molar refractivity (Wildman–Crippen MR) is 110 cm³/mol. The van der Waals surface area contributed by atoms with Gasteiger partial charge in [-0.2, -0.15) is 0 Å². The van der Waals surface area contributed by atoms with Crippen LogP contribution in [0.15, 0.2) is 48.5 Å². The number of fused-ring (bicyclic) bond motifs is 1. The lowest BCUT2D eigenvalue weighted by atomic mass is 9.69. The van der Waals surface area contributed by atoms with E-state index >= 15 is 0 Å². The van der Waals surface area contributed by atoms with Crippen LogP contribution in [-0.4, -0.2) is 26.4 Å². The fourth-order valence-corrected chi connectivity index (χ4v) is 4.71. The molecule has 4 atom stereocenters. The van der Waals surface area contributed by atoms with E-state index in [-0.39, 0.29) is 0 Å². The quantitative estimate of drug-likeness (QED) is 0.661. The van der Waals surface area contributed by atoms with Crippen LogP contribution >= 0.6 is 0 Å². The van der Waals surface area contributed by atoms with E-state index in [4.69, 9.17) is 18.9 Å². The van der Waals surface area contributed by atoms with E-state index in [1.165, 1.54) is 12.8 Å². The number of ether oxygens (including phenoxy) is 4. The van der Waals surface area contributed by atoms with Gasteiger partial charge in [0.05, 0.1) is 26.4 Å². The summed E-state index contributed by atoms with van der Waals surface area (Å²) in [6.45, 7) is 0. The van der Waals surface area contributed by atoms with Crippen molar-refractivity contribution in [3.05, 3.63) is 48.5 Å². The zero-order chi connectivity index (χ0) is 19.3. The van der Waals surface area contributed by atoms with Crippen molar-refractivity contribution in [3.8, 4) is 23.0 Å². The molecule has 28 heavy (non-hydrogen) atoms. The van der Waals surface area contributed by atoms with E-state index in [1.54, 1.807) is 14.2 Å². The van der Waals surface area contributed by atoms with Gasteiger partial charge in [-0.1, -0.05) is 0 Å². The Balaban J connectivity index is 1.27. The molecule has 0 radical (unpaired) electrons. The summed E-state index contributed by atoms with van der Waals surface area (Å²) >= 11 is 0. The third-order valence-electron chi connectivity index (χ3n) is 6.24. The van der Waals surface area contributed by atoms with Gasteiger partial charge in [-0.15, -0.1) is 0 Å². The van der Waals surface area contributed by atoms with Gasteiger partial charge in [0.1, 0.15) is 23.0 Å². The van der Waals surface area contributed by atoms with Crippen molar-refractivity contribution in [1.29, 1.82) is 0 Å². The fraction of sp³-hybridized carbons (Fsp3) is 0.500. The van der Waals surface area contributed by atoms with Crippen LogP contribution in [0.2, 0.25) is 0 Å². The second-order valence-electron chi connectivity index (χ2n) is 7.98. The van der Waals surface area contributed by atoms with E-state index in [0.29, 0.717) is 12.2 Å². The molecule has 0 amide bonds. The lowest BCUT2D eigenvalue weighted by Gasteiger charge is -2.41. The first-order valence-electron chi connectivity index (χ1n) is 10.3. The van der Waals surface area contributed by atoms with Crippen LogP contribution in [0.4, 0.5) is 0 Å². The topological polar surface area (TPSA) is 36.9 Å². The van der Waals surface area contributed by atoms with Gasteiger partial charge in [0, 0.05) is 0 Å². The second kappa shape index (κ2) is 8.76. The SMILES string of the molecule is COc1ccc(OC2CCC3CC(Oc4ccc(OC)cc4)CCC3C2)cc1. The molecule has 2 fully saturated rings. The molecule has 4 unspecified atom stereocenters. The minimum absolute atomic E-state index is 0.328. The molecule has 0 spiro atoms. The Morgan fingerprint density at radius 2 is 0.893 bits per heavy atom. The molecule has 2 aromatic rings. The van der Waals surface area contributed by atoms with E-state index in [0.717, 1.165) is 60.5 Å². The van der Waals surface area contributed by atoms with Gasteiger partial charge in [0.15, 0.2) is 0 Å². The molecule has 4 heteroatoms. The summed E-state index contributed by atoms with van der Waals surface area (Å²) < 4.78 is 22.9. The Labute approximate surface area is 167 Å². The second-order valence-corrected chi connectivity index (χ2v) is 7.98. The van der Waals surface area contributed by atoms with Crippen LogP contribution in [0.25, 0.3) is 0 Å². The van der Waals surface area contributed by atoms with Crippen LogP contribution < -0.4 is 18.9 Å². The molecule has 2 aliphatic rings. The average molecular weight is 383 g/mol. The Hall–Kier alpha value is -2.36. The molecule has 0 saturated heterocycles. The largest absolute Gasteiger partial charge is 0.497 e. The molecule has 4 nitrogen and oxygen atoms in total. The summed E-state index contributed by atoms with van der Waals surface area (Å²) in [7, 11) is 3.37. The van der Waals surface area contributed by atoms with Gasteiger partial charge in [0.25, 0.3) is 0 Å². The standard InChI is InChI=1S/C24H30O4/c1-25-19-7-11-21(12-8-19)27-23-5-3-18-16-24(6-4-17(18)15-23)28-22-13-9-20(26-2)10-14-22/h7-14,17-18,23-24H,3-6,15-16H2,1-2H3. The van der Waals surface area contributed by atoms with Crippen molar-refractivity contribution in [1.82, 2.24) is 0 Å². The molecule has 0 aliphatic heterocycles. The predicted octanol–water partition coefficient (Wildman–Crippen LogP) is 5.50. The molecule has 0 bridgehead atoms. The number of rotatable bonds is 6. The van der Waals surface area contributed by atoms with Crippen LogP contribution in [-0.2, 0) is 0 Å². The van der Waals surface area contributed by atoms with E-state index in [1.807, 2.05) is 48.5 Å². The highest BCUT2D eigenvalue weighted by molar-refractivity contribution is 5.32. The molecule has 0 N–H and O–H groups in total. The molecular formula is C24H30O4. The first-order chi connectivity index (χ1) is 13.7. The van der Waals surface area contributed by atoms with Gasteiger partial charge >= 0.3 is 0 Å². The highest BCUT2D eigenvalue weighted by atomic mass is 16.5. The van der Waals surface area contributed by atoms with Gasteiger partial charge in [-0.25, -0.2) is 0 Å². The van der Waals surface area contributed by atoms with Crippen molar-refractivity contribution >= 4 is 0 Å². The minimum Gasteiger partial charge on any atom is -0.497 e. The van der Waals surface area contributed by atoms with Crippen LogP contribution in [0.3, 0.4) is 0 Å². The summed E-state index contributed by atoms with van der Waals surface area (Å²) in [5.74, 6) is 5.14. The summed E-state index contributed by atoms with van der Waals surface area (Å²) in [4.78, 5) is 0. The number of hydrogen-bond acceptors (Lipinski definition) is 4. The lowest BCUT2D eigenvalue weighted by Crippen LogP contribution is -2.38. The minimum atomic E-state index is 0.328. The Bertz CT molecular complexity index is 675. The summed E-state index contributed by atoms with van der Waals surface area (Å²) in [6.07, 6.45) is 7.69. The maximum absolute atomic E-state index is 6.25. The molecule has 0 aromatic heterocycles. The molecule has 150 valence electrons. The normalized spacial score (nSPS) is 26.8. The zero-order valence-electron chi connectivity index (χ0n) is 16.8. The van der Waals surface area contributed by atoms with Crippen molar-refractivity contribution in [2.75, 3.05) is 14.2 Å². The maximum atomic E-state index is 6.25. The summed E-state index contributed by atoms with van der Waals surface area (Å²) in [5, 5.41) is 0. The van der Waals surface area contributed by atoms with Gasteiger partial charge in [0.2, 0.25) is 0 Å². The van der Waals surface area contributed by atoms with Crippen molar-refractivity contribution < 1.29 is 18.9 Å². The third kappa shape index (κ3) is 4.54. The van der Waals surface area contributed by atoms with Crippen LogP contribution in [0, 0.1) is 11.8 Å². The third-order valence-corrected chi connectivity index (χ3v) is 6.24. The van der Waals surface area contributed by atoms with Gasteiger partial charge < -0.3 is 18.9 Å². The van der Waals surface area contributed by atoms with E-state index in [9.17, 15) is 0 Å². The summed E-state index contributed by atoms with van der Waals surface area (Å²) in [6, 6.07) is 15.9. The number of methoxy groups -OCH3 is 2. The van der Waals surface area contributed by atoms with E-state index < -0.39 is 0 Å². The Morgan fingerprint density at radius 1 is 0.536 bits per heavy atom. The Morgan fingerprint density at radius 3 is 1.25 bits per heavy atom. The highest BCUT2D eigenvalue weighted by Crippen LogP contribution is 2.42. The molecule has 2 aliphatic carbocycles. The molecule has 2 aromatic carbocycles. The zero-order valence-corrected chi connectivity index (χ0v) is 16.8. The van der Waals surface area contributed by atoms with Gasteiger partial charge in [-0.3, -0.25) is 0 Å².